The van der Waals surface area contributed by atoms with E-state index in [-0.39, 0.29) is 31.6 Å². The molecule has 6 rings (SSSR count). The highest BCUT2D eigenvalue weighted by Crippen LogP contribution is 2.32. The molecule has 0 aliphatic carbocycles. The van der Waals surface area contributed by atoms with Crippen molar-refractivity contribution in [2.24, 2.45) is 14.1 Å². The fraction of sp³-hybridized carbons (Fsp3) is 0.375. The van der Waals surface area contributed by atoms with Crippen LogP contribution in [0.2, 0.25) is 0 Å². The smallest absolute Gasteiger partial charge is 0.416 e. The van der Waals surface area contributed by atoms with Gasteiger partial charge in [0.2, 0.25) is 0 Å². The highest BCUT2D eigenvalue weighted by molar-refractivity contribution is 9.08. The van der Waals surface area contributed by atoms with Gasteiger partial charge in [-0.15, -0.1) is 0 Å². The van der Waals surface area contributed by atoms with Crippen LogP contribution in [0.15, 0.2) is 97.1 Å². The average molecular weight is 1040 g/mol. The van der Waals surface area contributed by atoms with Crippen LogP contribution in [0.5, 0.6) is 11.5 Å². The number of hydrogen-bond acceptors (Lipinski definition) is 12. The molecule has 0 aliphatic rings. The van der Waals surface area contributed by atoms with Crippen LogP contribution in [-0.2, 0) is 75.4 Å². The number of aliphatic hydroxyl groups is 1. The molecule has 0 aliphatic heterocycles. The Hall–Kier alpha value is -6.32. The van der Waals surface area contributed by atoms with Gasteiger partial charge in [-0.1, -0.05) is 64.5 Å². The Bertz CT molecular complexity index is 2560. The molecule has 372 valence electrons. The van der Waals surface area contributed by atoms with Gasteiger partial charge in [-0.25, -0.2) is 19.6 Å². The first kappa shape index (κ1) is 55.3. The molecule has 4 aromatic carbocycles. The van der Waals surface area contributed by atoms with Crippen molar-refractivity contribution < 1.29 is 64.7 Å². The van der Waals surface area contributed by atoms with E-state index in [0.29, 0.717) is 53.3 Å². The number of alkyl halides is 7. The zero-order valence-corrected chi connectivity index (χ0v) is 40.7. The van der Waals surface area contributed by atoms with Crippen molar-refractivity contribution >= 4 is 27.9 Å². The monoisotopic (exact) mass is 1030 g/mol. The molecule has 6 aromatic rings. The van der Waals surface area contributed by atoms with Crippen molar-refractivity contribution in [2.75, 3.05) is 13.2 Å². The van der Waals surface area contributed by atoms with Gasteiger partial charge >= 0.3 is 24.3 Å². The number of aryl methyl sites for hydroxylation is 2. The quantitative estimate of drug-likeness (QED) is 0.0556. The first-order valence-electron chi connectivity index (χ1n) is 21.2. The van der Waals surface area contributed by atoms with Crippen molar-refractivity contribution in [1.82, 2.24) is 29.5 Å². The summed E-state index contributed by atoms with van der Waals surface area (Å²) in [7, 11) is 3.29. The number of aliphatic hydroxyl groups excluding tert-OH is 1. The second kappa shape index (κ2) is 24.3. The van der Waals surface area contributed by atoms with Gasteiger partial charge in [-0.2, -0.15) is 36.5 Å². The Morgan fingerprint density at radius 3 is 1.30 bits per heavy atom. The number of benzene rings is 4. The van der Waals surface area contributed by atoms with Crippen LogP contribution in [0.4, 0.5) is 26.3 Å². The summed E-state index contributed by atoms with van der Waals surface area (Å²) in [4.78, 5) is 32.0. The maximum Gasteiger partial charge on any atom is 0.416 e. The summed E-state index contributed by atoms with van der Waals surface area (Å²) in [5, 5.41) is 18.0. The third-order valence-corrected chi connectivity index (χ3v) is 10.2. The molecular formula is C48H53BrF6N6O8. The molecule has 0 saturated heterocycles. The first-order chi connectivity index (χ1) is 32.4. The number of rotatable bonds is 16. The lowest BCUT2D eigenvalue weighted by atomic mass is 10.1. The molecule has 69 heavy (non-hydrogen) atoms. The summed E-state index contributed by atoms with van der Waals surface area (Å²) >= 11 is 3.37. The maximum absolute atomic E-state index is 12.7. The lowest BCUT2D eigenvalue weighted by molar-refractivity contribution is -0.159. The predicted molar refractivity (Wildman–Crippen MR) is 245 cm³/mol. The summed E-state index contributed by atoms with van der Waals surface area (Å²) in [6, 6.07) is 24.0. The molecule has 2 heterocycles. The summed E-state index contributed by atoms with van der Waals surface area (Å²) in [5.74, 6) is 1.88. The van der Waals surface area contributed by atoms with Crippen LogP contribution in [-0.4, -0.2) is 71.0 Å². The largest absolute Gasteiger partial charge is 0.476 e. The zero-order valence-electron chi connectivity index (χ0n) is 39.1. The minimum absolute atomic E-state index is 0.165. The molecule has 0 saturated carbocycles. The van der Waals surface area contributed by atoms with Crippen LogP contribution in [0.3, 0.4) is 0 Å². The molecular weight excluding hydrogens is 982 g/mol. The van der Waals surface area contributed by atoms with Gasteiger partial charge in [0.1, 0.15) is 24.7 Å². The first-order valence-corrected chi connectivity index (χ1v) is 22.3. The number of halogens is 7. The van der Waals surface area contributed by atoms with Crippen molar-refractivity contribution in [1.29, 1.82) is 0 Å². The Labute approximate surface area is 403 Å². The molecule has 2 aromatic heterocycles. The summed E-state index contributed by atoms with van der Waals surface area (Å²) in [6.45, 7) is 11.0. The number of ether oxygens (including phenoxy) is 5. The van der Waals surface area contributed by atoms with Crippen LogP contribution in [0.1, 0.15) is 75.4 Å². The fourth-order valence-electron chi connectivity index (χ4n) is 5.80. The van der Waals surface area contributed by atoms with E-state index in [0.717, 1.165) is 40.7 Å². The zero-order chi connectivity index (χ0) is 51.2. The van der Waals surface area contributed by atoms with Gasteiger partial charge in [0, 0.05) is 30.6 Å². The molecule has 1 N–H and O–H groups in total. The molecule has 0 spiro atoms. The second-order valence-corrected chi connectivity index (χ2v) is 16.4. The highest BCUT2D eigenvalue weighted by atomic mass is 79.9. The van der Waals surface area contributed by atoms with Gasteiger partial charge in [0.25, 0.3) is 0 Å². The Morgan fingerprint density at radius 2 is 0.957 bits per heavy atom. The average Bonchev–Trinajstić information content (AvgIpc) is 3.88. The lowest BCUT2D eigenvalue weighted by Gasteiger charge is -2.24. The molecule has 0 fully saturated rings. The highest BCUT2D eigenvalue weighted by Gasteiger charge is 2.33. The SMILES string of the molecule is CCOC(=O)C(C)(C)Oc1ccc(CBr)cc1.CCOC(=O)C(C)(C)Oc1ccc(COCc2nc(-c3ccc(C(F)(F)F)cc3)nn2C)cc1.Cn1nc(-c2ccc(C(F)(F)F)cc2)nc1CO. The molecule has 0 bridgehead atoms. The van der Waals surface area contributed by atoms with Crippen molar-refractivity contribution in [3.8, 4) is 34.3 Å². The van der Waals surface area contributed by atoms with Gasteiger partial charge in [0.15, 0.2) is 34.5 Å². The Morgan fingerprint density at radius 1 is 0.580 bits per heavy atom. The van der Waals surface area contributed by atoms with Gasteiger partial charge in [-0.3, -0.25) is 9.36 Å². The van der Waals surface area contributed by atoms with Gasteiger partial charge < -0.3 is 28.8 Å². The normalized spacial score (nSPS) is 11.7. The molecule has 14 nitrogen and oxygen atoms in total. The number of nitrogens with zero attached hydrogens (tertiary/aromatic N) is 6. The van der Waals surface area contributed by atoms with E-state index in [1.807, 2.05) is 36.4 Å². The predicted octanol–water partition coefficient (Wildman–Crippen LogP) is 10.2. The van der Waals surface area contributed by atoms with E-state index in [4.69, 9.17) is 28.8 Å². The summed E-state index contributed by atoms with van der Waals surface area (Å²) < 4.78 is 105. The maximum atomic E-state index is 12.7. The van der Waals surface area contributed by atoms with E-state index >= 15 is 0 Å². The summed E-state index contributed by atoms with van der Waals surface area (Å²) in [6.07, 6.45) is -8.75. The fourth-order valence-corrected chi connectivity index (χ4v) is 6.17. The van der Waals surface area contributed by atoms with E-state index in [9.17, 15) is 35.9 Å². The van der Waals surface area contributed by atoms with E-state index in [1.54, 1.807) is 67.8 Å². The minimum atomic E-state index is -4.39. The van der Waals surface area contributed by atoms with Gasteiger partial charge in [0.05, 0.1) is 30.9 Å². The van der Waals surface area contributed by atoms with E-state index in [2.05, 4.69) is 36.1 Å². The molecule has 21 heteroatoms. The topological polar surface area (TPSA) is 162 Å². The molecule has 0 atom stereocenters. The van der Waals surface area contributed by atoms with Crippen molar-refractivity contribution in [3.05, 3.63) is 131 Å². The minimum Gasteiger partial charge on any atom is -0.476 e. The van der Waals surface area contributed by atoms with Crippen LogP contribution in [0, 0.1) is 0 Å². The van der Waals surface area contributed by atoms with Crippen LogP contribution in [0.25, 0.3) is 22.8 Å². The van der Waals surface area contributed by atoms with Gasteiger partial charge in [-0.05, 0) is 101 Å². The molecule has 0 unspecified atom stereocenters. The van der Waals surface area contributed by atoms with Crippen molar-refractivity contribution in [2.45, 2.75) is 90.2 Å². The second-order valence-electron chi connectivity index (χ2n) is 15.8. The number of carbonyl (C=O) groups is 2. The Kier molecular flexibility index (Phi) is 19.5. The number of aromatic nitrogens is 6. The van der Waals surface area contributed by atoms with E-state index in [1.165, 1.54) is 33.6 Å². The number of hydrogen-bond donors (Lipinski definition) is 1. The van der Waals surface area contributed by atoms with Crippen LogP contribution >= 0.6 is 15.9 Å². The number of carbonyl (C=O) groups excluding carboxylic acids is 2. The lowest BCUT2D eigenvalue weighted by Crippen LogP contribution is -2.39. The van der Waals surface area contributed by atoms with Crippen molar-refractivity contribution in [3.63, 3.8) is 0 Å². The third kappa shape index (κ3) is 16.4. The Balaban J connectivity index is 0.000000249. The molecule has 0 amide bonds. The number of esters is 2. The standard InChI is InChI=1S/C24H26F3N3O4.C13H17BrO3.C11H10F3N3O/c1-5-33-22(31)23(2,3)34-19-12-6-16(7-13-19)14-32-15-20-28-21(29-30(20)4)17-8-10-18(11-9-17)24(25,26)27;1-4-16-12(15)13(2,3)17-11-7-5-10(9-14)6-8-11;1-17-9(6-18)15-10(16-17)7-2-4-8(5-3-7)11(12,13)14/h6-13H,5,14-15H2,1-4H3;5-8H,4,9H2,1-3H3;2-5,18H,6H2,1H3. The van der Waals surface area contributed by atoms with E-state index < -0.39 is 40.7 Å². The molecule has 0 radical (unpaired) electrons. The van der Waals surface area contributed by atoms with Crippen LogP contribution < -0.4 is 9.47 Å². The third-order valence-electron chi connectivity index (χ3n) is 9.57. The summed E-state index contributed by atoms with van der Waals surface area (Å²) in [5.41, 5.74) is -0.524.